The van der Waals surface area contributed by atoms with Crippen LogP contribution in [0.5, 0.6) is 0 Å². The molecule has 0 saturated carbocycles. The number of rotatable bonds is 7. The molecule has 1 aromatic rings. The first kappa shape index (κ1) is 17.0. The van der Waals surface area contributed by atoms with Gasteiger partial charge in [0.25, 0.3) is 0 Å². The lowest BCUT2D eigenvalue weighted by Gasteiger charge is -2.20. The van der Waals surface area contributed by atoms with E-state index in [-0.39, 0.29) is 17.6 Å². The van der Waals surface area contributed by atoms with Gasteiger partial charge in [0.15, 0.2) is 0 Å². The van der Waals surface area contributed by atoms with Crippen molar-refractivity contribution in [2.75, 3.05) is 24.0 Å². The SMILES string of the molecule is CSC[C@H](C)C(=O)N[C@H](CS(C)(=O)=O)c1ccccc1. The number of benzene rings is 1. The van der Waals surface area contributed by atoms with Crippen LogP contribution in [0.3, 0.4) is 0 Å². The molecule has 0 bridgehead atoms. The van der Waals surface area contributed by atoms with E-state index in [2.05, 4.69) is 5.32 Å². The maximum absolute atomic E-state index is 12.1. The highest BCUT2D eigenvalue weighted by atomic mass is 32.2. The maximum atomic E-state index is 12.1. The summed E-state index contributed by atoms with van der Waals surface area (Å²) >= 11 is 1.60. The van der Waals surface area contributed by atoms with E-state index in [0.717, 1.165) is 5.56 Å². The van der Waals surface area contributed by atoms with Crippen molar-refractivity contribution in [1.82, 2.24) is 5.32 Å². The molecule has 0 aromatic heterocycles. The molecule has 1 aromatic carbocycles. The first-order chi connectivity index (χ1) is 9.33. The van der Waals surface area contributed by atoms with Gasteiger partial charge in [-0.2, -0.15) is 11.8 Å². The lowest BCUT2D eigenvalue weighted by molar-refractivity contribution is -0.124. The summed E-state index contributed by atoms with van der Waals surface area (Å²) in [5.74, 6) is 0.369. The molecule has 0 aliphatic rings. The molecule has 0 aliphatic carbocycles. The summed E-state index contributed by atoms with van der Waals surface area (Å²) in [5.41, 5.74) is 0.808. The van der Waals surface area contributed by atoms with Crippen molar-refractivity contribution in [1.29, 1.82) is 0 Å². The van der Waals surface area contributed by atoms with E-state index < -0.39 is 15.9 Å². The summed E-state index contributed by atoms with van der Waals surface area (Å²) in [5, 5.41) is 2.84. The maximum Gasteiger partial charge on any atom is 0.224 e. The molecule has 1 rings (SSSR count). The number of carbonyl (C=O) groups is 1. The lowest BCUT2D eigenvalue weighted by atomic mass is 10.1. The Kier molecular flexibility index (Phi) is 6.55. The Bertz CT molecular complexity index is 529. The third kappa shape index (κ3) is 5.96. The molecule has 0 spiro atoms. The molecule has 0 aliphatic heterocycles. The van der Waals surface area contributed by atoms with Gasteiger partial charge in [-0.25, -0.2) is 8.42 Å². The molecule has 6 heteroatoms. The molecule has 20 heavy (non-hydrogen) atoms. The molecule has 2 atom stereocenters. The summed E-state index contributed by atoms with van der Waals surface area (Å²) in [4.78, 5) is 12.1. The fourth-order valence-electron chi connectivity index (χ4n) is 1.85. The van der Waals surface area contributed by atoms with Crippen molar-refractivity contribution < 1.29 is 13.2 Å². The van der Waals surface area contributed by atoms with Crippen LogP contribution in [0, 0.1) is 5.92 Å². The van der Waals surface area contributed by atoms with E-state index in [1.807, 2.05) is 43.5 Å². The van der Waals surface area contributed by atoms with Crippen LogP contribution in [0.4, 0.5) is 0 Å². The van der Waals surface area contributed by atoms with Crippen LogP contribution in [0.25, 0.3) is 0 Å². The van der Waals surface area contributed by atoms with Crippen LogP contribution < -0.4 is 5.32 Å². The van der Waals surface area contributed by atoms with Gasteiger partial charge in [-0.3, -0.25) is 4.79 Å². The van der Waals surface area contributed by atoms with Gasteiger partial charge in [-0.15, -0.1) is 0 Å². The second-order valence-corrected chi connectivity index (χ2v) is 8.02. The van der Waals surface area contributed by atoms with Gasteiger partial charge in [-0.1, -0.05) is 37.3 Å². The van der Waals surface area contributed by atoms with Gasteiger partial charge in [0.1, 0.15) is 9.84 Å². The average Bonchev–Trinajstić information content (AvgIpc) is 2.37. The van der Waals surface area contributed by atoms with Crippen molar-refractivity contribution in [3.05, 3.63) is 35.9 Å². The quantitative estimate of drug-likeness (QED) is 0.834. The second-order valence-electron chi connectivity index (χ2n) is 4.92. The van der Waals surface area contributed by atoms with Crippen molar-refractivity contribution in [3.63, 3.8) is 0 Å². The molecule has 1 amide bonds. The molecule has 0 radical (unpaired) electrons. The first-order valence-corrected chi connectivity index (χ1v) is 9.81. The van der Waals surface area contributed by atoms with Crippen LogP contribution in [-0.2, 0) is 14.6 Å². The molecule has 0 heterocycles. The summed E-state index contributed by atoms with van der Waals surface area (Å²) in [6.45, 7) is 1.84. The number of hydrogen-bond acceptors (Lipinski definition) is 4. The number of amides is 1. The summed E-state index contributed by atoms with van der Waals surface area (Å²) in [6, 6.07) is 8.69. The highest BCUT2D eigenvalue weighted by Gasteiger charge is 2.22. The number of nitrogens with one attached hydrogen (secondary N) is 1. The molecule has 0 unspecified atom stereocenters. The zero-order valence-electron chi connectivity index (χ0n) is 12.0. The highest BCUT2D eigenvalue weighted by molar-refractivity contribution is 7.98. The van der Waals surface area contributed by atoms with Crippen molar-refractivity contribution in [2.45, 2.75) is 13.0 Å². The highest BCUT2D eigenvalue weighted by Crippen LogP contribution is 2.16. The van der Waals surface area contributed by atoms with E-state index in [1.54, 1.807) is 11.8 Å². The van der Waals surface area contributed by atoms with E-state index >= 15 is 0 Å². The minimum Gasteiger partial charge on any atom is -0.348 e. The fourth-order valence-corrected chi connectivity index (χ4v) is 3.38. The van der Waals surface area contributed by atoms with Gasteiger partial charge in [0.05, 0.1) is 11.8 Å². The van der Waals surface area contributed by atoms with Gasteiger partial charge in [-0.05, 0) is 11.8 Å². The fraction of sp³-hybridized carbons (Fsp3) is 0.500. The van der Waals surface area contributed by atoms with E-state index in [9.17, 15) is 13.2 Å². The lowest BCUT2D eigenvalue weighted by Crippen LogP contribution is -2.37. The van der Waals surface area contributed by atoms with Crippen molar-refractivity contribution in [2.24, 2.45) is 5.92 Å². The van der Waals surface area contributed by atoms with Crippen LogP contribution in [0.1, 0.15) is 18.5 Å². The van der Waals surface area contributed by atoms with Gasteiger partial charge in [0, 0.05) is 17.9 Å². The number of thioether (sulfide) groups is 1. The van der Waals surface area contributed by atoms with E-state index in [4.69, 9.17) is 0 Å². The van der Waals surface area contributed by atoms with E-state index in [0.29, 0.717) is 5.75 Å². The molecule has 0 saturated heterocycles. The molecular formula is C14H21NO3S2. The Balaban J connectivity index is 2.87. The third-order valence-corrected chi connectivity index (χ3v) is 4.62. The summed E-state index contributed by atoms with van der Waals surface area (Å²) in [7, 11) is -3.18. The number of hydrogen-bond donors (Lipinski definition) is 1. The predicted molar refractivity (Wildman–Crippen MR) is 84.6 cm³/mol. The second kappa shape index (κ2) is 7.69. The van der Waals surface area contributed by atoms with Crippen molar-refractivity contribution >= 4 is 27.5 Å². The van der Waals surface area contributed by atoms with Gasteiger partial charge >= 0.3 is 0 Å². The monoisotopic (exact) mass is 315 g/mol. The normalized spacial score (nSPS) is 14.6. The minimum absolute atomic E-state index is 0.0886. The Morgan fingerprint density at radius 3 is 2.40 bits per heavy atom. The Labute approximate surface area is 125 Å². The van der Waals surface area contributed by atoms with Crippen LogP contribution in [0.2, 0.25) is 0 Å². The Morgan fingerprint density at radius 1 is 1.30 bits per heavy atom. The van der Waals surface area contributed by atoms with Crippen LogP contribution in [-0.4, -0.2) is 38.3 Å². The predicted octanol–water partition coefficient (Wildman–Crippen LogP) is 1.89. The molecular weight excluding hydrogens is 294 g/mol. The van der Waals surface area contributed by atoms with Crippen LogP contribution in [0.15, 0.2) is 30.3 Å². The molecule has 1 N–H and O–H groups in total. The molecule has 4 nitrogen and oxygen atoms in total. The van der Waals surface area contributed by atoms with Gasteiger partial charge < -0.3 is 5.32 Å². The van der Waals surface area contributed by atoms with Crippen molar-refractivity contribution in [3.8, 4) is 0 Å². The zero-order valence-corrected chi connectivity index (χ0v) is 13.6. The van der Waals surface area contributed by atoms with Crippen LogP contribution >= 0.6 is 11.8 Å². The third-order valence-electron chi connectivity index (χ3n) is 2.85. The standard InChI is InChI=1S/C14H21NO3S2/c1-11(9-19-2)14(16)15-13(10-20(3,17)18)12-7-5-4-6-8-12/h4-8,11,13H,9-10H2,1-3H3,(H,15,16)/t11-,13+/m0/s1. The summed E-state index contributed by atoms with van der Waals surface area (Å²) < 4.78 is 23.1. The van der Waals surface area contributed by atoms with E-state index in [1.165, 1.54) is 6.26 Å². The minimum atomic E-state index is -3.18. The largest absolute Gasteiger partial charge is 0.348 e. The Morgan fingerprint density at radius 2 is 1.90 bits per heavy atom. The smallest absolute Gasteiger partial charge is 0.224 e. The number of sulfone groups is 1. The average molecular weight is 315 g/mol. The first-order valence-electron chi connectivity index (χ1n) is 6.35. The molecule has 112 valence electrons. The zero-order chi connectivity index (χ0) is 15.2. The number of carbonyl (C=O) groups excluding carboxylic acids is 1. The summed E-state index contributed by atoms with van der Waals surface area (Å²) in [6.07, 6.45) is 3.12. The molecule has 0 fully saturated rings. The van der Waals surface area contributed by atoms with Gasteiger partial charge in [0.2, 0.25) is 5.91 Å². The Hall–Kier alpha value is -1.01. The topological polar surface area (TPSA) is 63.2 Å².